The molecule has 1 N–H and O–H groups in total. The molecule has 1 aliphatic heterocycles. The van der Waals surface area contributed by atoms with Crippen molar-refractivity contribution < 1.29 is 4.42 Å². The second kappa shape index (κ2) is 7.21. The van der Waals surface area contributed by atoms with Gasteiger partial charge in [0.15, 0.2) is 0 Å². The normalized spacial score (nSPS) is 14.6. The van der Waals surface area contributed by atoms with E-state index < -0.39 is 0 Å². The summed E-state index contributed by atoms with van der Waals surface area (Å²) in [6, 6.07) is 11.8. The summed E-state index contributed by atoms with van der Waals surface area (Å²) >= 11 is 0. The molecule has 0 aromatic carbocycles. The molecular weight excluding hydrogens is 316 g/mol. The number of nitrogens with zero attached hydrogens (tertiary/aromatic N) is 5. The van der Waals surface area contributed by atoms with Gasteiger partial charge < -0.3 is 19.5 Å². The minimum atomic E-state index is 0.608. The SMILES string of the molecule is c1ccc(N2CCN(c3cc(NCc4ccco4)ncn3)CC2)nc1. The lowest BCUT2D eigenvalue weighted by Gasteiger charge is -2.36. The highest BCUT2D eigenvalue weighted by molar-refractivity contribution is 5.50. The molecule has 4 heterocycles. The van der Waals surface area contributed by atoms with E-state index in [0.717, 1.165) is 49.4 Å². The zero-order chi connectivity index (χ0) is 16.9. The third kappa shape index (κ3) is 3.71. The van der Waals surface area contributed by atoms with Crippen LogP contribution in [0, 0.1) is 0 Å². The summed E-state index contributed by atoms with van der Waals surface area (Å²) in [4.78, 5) is 17.7. The number of pyridine rings is 1. The summed E-state index contributed by atoms with van der Waals surface area (Å²) in [6.07, 6.45) is 5.11. The monoisotopic (exact) mass is 336 g/mol. The van der Waals surface area contributed by atoms with Gasteiger partial charge in [-0.1, -0.05) is 6.07 Å². The van der Waals surface area contributed by atoms with Crippen LogP contribution in [0.4, 0.5) is 17.5 Å². The Morgan fingerprint density at radius 2 is 1.76 bits per heavy atom. The van der Waals surface area contributed by atoms with Crippen LogP contribution in [0.5, 0.6) is 0 Å². The van der Waals surface area contributed by atoms with Crippen LogP contribution in [-0.4, -0.2) is 41.1 Å². The van der Waals surface area contributed by atoms with Gasteiger partial charge in [0.1, 0.15) is 29.5 Å². The first kappa shape index (κ1) is 15.4. The highest BCUT2D eigenvalue weighted by atomic mass is 16.3. The van der Waals surface area contributed by atoms with Crippen LogP contribution in [0.1, 0.15) is 5.76 Å². The molecular formula is C18H20N6O. The van der Waals surface area contributed by atoms with Crippen LogP contribution < -0.4 is 15.1 Å². The van der Waals surface area contributed by atoms with E-state index in [1.54, 1.807) is 12.6 Å². The molecule has 1 saturated heterocycles. The lowest BCUT2D eigenvalue weighted by atomic mass is 10.3. The van der Waals surface area contributed by atoms with Gasteiger partial charge in [0, 0.05) is 38.4 Å². The Balaban J connectivity index is 1.37. The van der Waals surface area contributed by atoms with E-state index in [1.807, 2.05) is 36.5 Å². The van der Waals surface area contributed by atoms with Crippen LogP contribution in [0.3, 0.4) is 0 Å². The van der Waals surface area contributed by atoms with Crippen LogP contribution >= 0.6 is 0 Å². The van der Waals surface area contributed by atoms with E-state index in [1.165, 1.54) is 0 Å². The maximum atomic E-state index is 5.33. The maximum Gasteiger partial charge on any atom is 0.134 e. The molecule has 1 aliphatic rings. The molecule has 128 valence electrons. The molecule has 7 nitrogen and oxygen atoms in total. The van der Waals surface area contributed by atoms with Crippen molar-refractivity contribution in [2.75, 3.05) is 41.3 Å². The fraction of sp³-hybridized carbons (Fsp3) is 0.278. The third-order valence-electron chi connectivity index (χ3n) is 4.25. The number of furan rings is 1. The molecule has 0 amide bonds. The molecule has 0 saturated carbocycles. The largest absolute Gasteiger partial charge is 0.467 e. The Kier molecular flexibility index (Phi) is 4.45. The summed E-state index contributed by atoms with van der Waals surface area (Å²) in [6.45, 7) is 4.28. The van der Waals surface area contributed by atoms with Crippen LogP contribution in [0.25, 0.3) is 0 Å². The first-order chi connectivity index (χ1) is 12.4. The molecule has 0 aliphatic carbocycles. The summed E-state index contributed by atoms with van der Waals surface area (Å²) < 4.78 is 5.33. The molecule has 0 spiro atoms. The van der Waals surface area contributed by atoms with Crippen molar-refractivity contribution in [3.05, 3.63) is 60.9 Å². The Hall–Kier alpha value is -3.09. The van der Waals surface area contributed by atoms with E-state index in [4.69, 9.17) is 4.42 Å². The number of aromatic nitrogens is 3. The van der Waals surface area contributed by atoms with Crippen molar-refractivity contribution in [2.24, 2.45) is 0 Å². The predicted octanol–water partition coefficient (Wildman–Crippen LogP) is 2.40. The van der Waals surface area contributed by atoms with E-state index in [-0.39, 0.29) is 0 Å². The van der Waals surface area contributed by atoms with E-state index in [2.05, 4.69) is 36.1 Å². The van der Waals surface area contributed by atoms with Crippen LogP contribution in [0.2, 0.25) is 0 Å². The summed E-state index contributed by atoms with van der Waals surface area (Å²) in [5.74, 6) is 3.65. The van der Waals surface area contributed by atoms with Crippen molar-refractivity contribution in [2.45, 2.75) is 6.54 Å². The van der Waals surface area contributed by atoms with Crippen molar-refractivity contribution in [1.29, 1.82) is 0 Å². The Morgan fingerprint density at radius 3 is 2.48 bits per heavy atom. The topological polar surface area (TPSA) is 70.3 Å². The molecule has 3 aromatic heterocycles. The minimum Gasteiger partial charge on any atom is -0.467 e. The molecule has 0 bridgehead atoms. The Bertz CT molecular complexity index is 784. The number of anilines is 3. The van der Waals surface area contributed by atoms with Crippen LogP contribution in [-0.2, 0) is 6.54 Å². The number of rotatable bonds is 5. The molecule has 0 atom stereocenters. The average molecular weight is 336 g/mol. The van der Waals surface area contributed by atoms with Crippen molar-refractivity contribution in [3.63, 3.8) is 0 Å². The Labute approximate surface area is 146 Å². The number of piperazine rings is 1. The first-order valence-electron chi connectivity index (χ1n) is 8.38. The van der Waals surface area contributed by atoms with Gasteiger partial charge in [0.05, 0.1) is 12.8 Å². The number of hydrogen-bond donors (Lipinski definition) is 1. The highest BCUT2D eigenvalue weighted by Gasteiger charge is 2.19. The van der Waals surface area contributed by atoms with Gasteiger partial charge >= 0.3 is 0 Å². The molecule has 0 unspecified atom stereocenters. The molecule has 3 aromatic rings. The lowest BCUT2D eigenvalue weighted by Crippen LogP contribution is -2.47. The zero-order valence-corrected chi connectivity index (χ0v) is 13.9. The molecule has 7 heteroatoms. The van der Waals surface area contributed by atoms with Gasteiger partial charge in [-0.3, -0.25) is 0 Å². The van der Waals surface area contributed by atoms with Crippen LogP contribution in [0.15, 0.2) is 59.6 Å². The minimum absolute atomic E-state index is 0.608. The van der Waals surface area contributed by atoms with E-state index >= 15 is 0 Å². The van der Waals surface area contributed by atoms with Crippen molar-refractivity contribution in [3.8, 4) is 0 Å². The van der Waals surface area contributed by atoms with Gasteiger partial charge in [0.2, 0.25) is 0 Å². The second-order valence-electron chi connectivity index (χ2n) is 5.86. The average Bonchev–Trinajstić information content (AvgIpc) is 3.21. The quantitative estimate of drug-likeness (QED) is 0.767. The van der Waals surface area contributed by atoms with Gasteiger partial charge in [0.25, 0.3) is 0 Å². The molecule has 0 radical (unpaired) electrons. The van der Waals surface area contributed by atoms with Crippen molar-refractivity contribution in [1.82, 2.24) is 15.0 Å². The van der Waals surface area contributed by atoms with Gasteiger partial charge in [-0.05, 0) is 24.3 Å². The third-order valence-corrected chi connectivity index (χ3v) is 4.25. The lowest BCUT2D eigenvalue weighted by molar-refractivity contribution is 0.518. The zero-order valence-electron chi connectivity index (χ0n) is 13.9. The molecule has 25 heavy (non-hydrogen) atoms. The standard InChI is InChI=1S/C18H20N6O/c1-2-6-19-17(5-1)23-7-9-24(10-8-23)18-12-16(21-14-22-18)20-13-15-4-3-11-25-15/h1-6,11-12,14H,7-10,13H2,(H,20,21,22). The first-order valence-corrected chi connectivity index (χ1v) is 8.38. The maximum absolute atomic E-state index is 5.33. The van der Waals surface area contributed by atoms with E-state index in [9.17, 15) is 0 Å². The van der Waals surface area contributed by atoms with Gasteiger partial charge in [-0.25, -0.2) is 15.0 Å². The van der Waals surface area contributed by atoms with E-state index in [0.29, 0.717) is 6.54 Å². The number of nitrogens with one attached hydrogen (secondary N) is 1. The fourth-order valence-electron chi connectivity index (χ4n) is 2.91. The molecule has 4 rings (SSSR count). The van der Waals surface area contributed by atoms with Gasteiger partial charge in [-0.15, -0.1) is 0 Å². The summed E-state index contributed by atoms with van der Waals surface area (Å²) in [5, 5.41) is 3.27. The predicted molar refractivity (Wildman–Crippen MR) is 96.7 cm³/mol. The summed E-state index contributed by atoms with van der Waals surface area (Å²) in [7, 11) is 0. The Morgan fingerprint density at radius 1 is 0.920 bits per heavy atom. The van der Waals surface area contributed by atoms with Crippen molar-refractivity contribution >= 4 is 17.5 Å². The highest BCUT2D eigenvalue weighted by Crippen LogP contribution is 2.19. The summed E-state index contributed by atoms with van der Waals surface area (Å²) in [5.41, 5.74) is 0. The second-order valence-corrected chi connectivity index (χ2v) is 5.86. The number of hydrogen-bond acceptors (Lipinski definition) is 7. The van der Waals surface area contributed by atoms with Gasteiger partial charge in [-0.2, -0.15) is 0 Å². The smallest absolute Gasteiger partial charge is 0.134 e. The fourth-order valence-corrected chi connectivity index (χ4v) is 2.91. The molecule has 1 fully saturated rings.